The Morgan fingerprint density at radius 2 is 1.23 bits per heavy atom. The minimum atomic E-state index is -0.904. The fraction of sp³-hybridized carbons (Fsp3) is 0.407. The number of carbonyl (C=O) groups excluding carboxylic acids is 4. The second kappa shape index (κ2) is 13.9. The van der Waals surface area contributed by atoms with Crippen LogP contribution in [0.25, 0.3) is 0 Å². The van der Waals surface area contributed by atoms with Crippen molar-refractivity contribution in [3.63, 3.8) is 0 Å². The molecule has 3 amide bonds. The zero-order chi connectivity index (χ0) is 25.8. The van der Waals surface area contributed by atoms with Crippen LogP contribution in [0, 0.1) is 11.8 Å². The van der Waals surface area contributed by atoms with Gasteiger partial charge < -0.3 is 25.5 Å². The van der Waals surface area contributed by atoms with Gasteiger partial charge in [-0.15, -0.1) is 0 Å². The van der Waals surface area contributed by atoms with Gasteiger partial charge in [0.2, 0.25) is 11.8 Å². The number of hydrogen-bond acceptors (Lipinski definition) is 5. The molecule has 0 saturated carbocycles. The Kier molecular flexibility index (Phi) is 10.9. The van der Waals surface area contributed by atoms with Crippen LogP contribution in [-0.2, 0) is 32.1 Å². The van der Waals surface area contributed by atoms with Gasteiger partial charge in [-0.25, -0.2) is 4.79 Å². The highest BCUT2D eigenvalue weighted by atomic mass is 16.5. The van der Waals surface area contributed by atoms with Gasteiger partial charge in [0.05, 0.1) is 6.04 Å². The van der Waals surface area contributed by atoms with E-state index in [9.17, 15) is 19.2 Å². The van der Waals surface area contributed by atoms with Crippen molar-refractivity contribution in [2.75, 3.05) is 0 Å². The van der Waals surface area contributed by atoms with E-state index in [1.54, 1.807) is 27.7 Å². The van der Waals surface area contributed by atoms with Crippen LogP contribution in [0.4, 0.5) is 4.79 Å². The van der Waals surface area contributed by atoms with E-state index in [4.69, 9.17) is 4.74 Å². The maximum absolute atomic E-state index is 13.0. The first-order valence-electron chi connectivity index (χ1n) is 11.8. The zero-order valence-corrected chi connectivity index (χ0v) is 20.7. The quantitative estimate of drug-likeness (QED) is 0.403. The maximum Gasteiger partial charge on any atom is 0.408 e. The largest absolute Gasteiger partial charge is 0.445 e. The topological polar surface area (TPSA) is 114 Å². The summed E-state index contributed by atoms with van der Waals surface area (Å²) in [7, 11) is 0. The summed E-state index contributed by atoms with van der Waals surface area (Å²) < 4.78 is 5.23. The van der Waals surface area contributed by atoms with Gasteiger partial charge >= 0.3 is 6.09 Å². The summed E-state index contributed by atoms with van der Waals surface area (Å²) in [5.74, 6) is -1.47. The molecule has 35 heavy (non-hydrogen) atoms. The molecule has 3 N–H and O–H groups in total. The predicted octanol–water partition coefficient (Wildman–Crippen LogP) is 3.00. The Bertz CT molecular complexity index is 963. The molecule has 2 rings (SSSR count). The number of aldehydes is 1. The van der Waals surface area contributed by atoms with Crippen molar-refractivity contribution in [3.05, 3.63) is 71.8 Å². The van der Waals surface area contributed by atoms with E-state index in [1.165, 1.54) is 0 Å². The Morgan fingerprint density at radius 3 is 1.74 bits per heavy atom. The molecule has 8 heteroatoms. The van der Waals surface area contributed by atoms with Gasteiger partial charge in [-0.2, -0.15) is 0 Å². The summed E-state index contributed by atoms with van der Waals surface area (Å²) in [5, 5.41) is 8.04. The molecule has 0 aromatic heterocycles. The molecular formula is C27H35N3O5. The molecule has 188 valence electrons. The Hall–Kier alpha value is -3.68. The lowest BCUT2D eigenvalue weighted by molar-refractivity contribution is -0.132. The monoisotopic (exact) mass is 481 g/mol. The van der Waals surface area contributed by atoms with Crippen molar-refractivity contribution in [1.82, 2.24) is 16.0 Å². The van der Waals surface area contributed by atoms with E-state index in [0.29, 0.717) is 12.7 Å². The molecule has 0 aliphatic carbocycles. The molecule has 0 bridgehead atoms. The highest BCUT2D eigenvalue weighted by Gasteiger charge is 2.31. The Balaban J connectivity index is 1.98. The van der Waals surface area contributed by atoms with Crippen LogP contribution < -0.4 is 16.0 Å². The number of carbonyl (C=O) groups is 4. The summed E-state index contributed by atoms with van der Waals surface area (Å²) in [4.78, 5) is 49.9. The Morgan fingerprint density at radius 1 is 0.743 bits per heavy atom. The second-order valence-corrected chi connectivity index (χ2v) is 9.10. The third-order valence-corrected chi connectivity index (χ3v) is 5.47. The number of hydrogen-bond donors (Lipinski definition) is 3. The summed E-state index contributed by atoms with van der Waals surface area (Å²) in [6.45, 7) is 7.24. The second-order valence-electron chi connectivity index (χ2n) is 9.10. The first-order chi connectivity index (χ1) is 16.7. The summed E-state index contributed by atoms with van der Waals surface area (Å²) in [6, 6.07) is 16.0. The van der Waals surface area contributed by atoms with Crippen LogP contribution in [0.5, 0.6) is 0 Å². The number of ether oxygens (including phenoxy) is 1. The van der Waals surface area contributed by atoms with Crippen LogP contribution in [0.1, 0.15) is 38.8 Å². The average molecular weight is 482 g/mol. The van der Waals surface area contributed by atoms with Gasteiger partial charge in [0, 0.05) is 0 Å². The van der Waals surface area contributed by atoms with Crippen molar-refractivity contribution in [2.24, 2.45) is 11.8 Å². The van der Waals surface area contributed by atoms with E-state index >= 15 is 0 Å². The predicted molar refractivity (Wildman–Crippen MR) is 133 cm³/mol. The number of nitrogens with one attached hydrogen (secondary N) is 3. The molecule has 0 aliphatic heterocycles. The van der Waals surface area contributed by atoms with Crippen LogP contribution in [0.3, 0.4) is 0 Å². The minimum Gasteiger partial charge on any atom is -0.445 e. The standard InChI is InChI=1S/C27H35N3O5/c1-18(2)23(25(32)28-22(16-31)15-20-11-7-5-8-12-20)29-26(33)24(19(3)4)30-27(34)35-17-21-13-9-6-10-14-21/h5-14,16,18-19,22-24H,15,17H2,1-4H3,(H,28,32)(H,29,33)(H,30,34)/t22?,23-,24?/m0/s1. The molecule has 0 fully saturated rings. The van der Waals surface area contributed by atoms with Gasteiger partial charge in [0.25, 0.3) is 0 Å². The van der Waals surface area contributed by atoms with E-state index in [0.717, 1.165) is 11.1 Å². The number of rotatable bonds is 12. The molecule has 0 saturated heterocycles. The van der Waals surface area contributed by atoms with E-state index < -0.39 is 36.0 Å². The van der Waals surface area contributed by atoms with Crippen LogP contribution in [0.2, 0.25) is 0 Å². The van der Waals surface area contributed by atoms with Gasteiger partial charge in [-0.3, -0.25) is 9.59 Å². The van der Waals surface area contributed by atoms with Crippen molar-refractivity contribution >= 4 is 24.2 Å². The molecule has 8 nitrogen and oxygen atoms in total. The third kappa shape index (κ3) is 9.23. The first kappa shape index (κ1) is 27.6. The van der Waals surface area contributed by atoms with E-state index in [-0.39, 0.29) is 18.4 Å². The van der Waals surface area contributed by atoms with E-state index in [1.807, 2.05) is 60.7 Å². The van der Waals surface area contributed by atoms with Gasteiger partial charge in [-0.1, -0.05) is 88.4 Å². The SMILES string of the molecule is CC(C)C(NC(=O)OCc1ccccc1)C(=O)N[C@H](C(=O)NC(C=O)Cc1ccccc1)C(C)C. The van der Waals surface area contributed by atoms with Gasteiger partial charge in [0.15, 0.2) is 0 Å². The number of amides is 3. The van der Waals surface area contributed by atoms with Crippen LogP contribution >= 0.6 is 0 Å². The summed E-state index contributed by atoms with van der Waals surface area (Å²) in [5.41, 5.74) is 1.73. The van der Waals surface area contributed by atoms with Gasteiger partial charge in [-0.05, 0) is 29.4 Å². The third-order valence-electron chi connectivity index (χ3n) is 5.47. The molecule has 0 radical (unpaired) electrons. The molecular weight excluding hydrogens is 446 g/mol. The first-order valence-corrected chi connectivity index (χ1v) is 11.8. The van der Waals surface area contributed by atoms with Crippen molar-refractivity contribution < 1.29 is 23.9 Å². The highest BCUT2D eigenvalue weighted by molar-refractivity contribution is 5.92. The number of benzene rings is 2. The van der Waals surface area contributed by atoms with Crippen molar-refractivity contribution in [1.29, 1.82) is 0 Å². The molecule has 0 heterocycles. The van der Waals surface area contributed by atoms with Gasteiger partial charge in [0.1, 0.15) is 25.0 Å². The molecule has 2 aromatic carbocycles. The van der Waals surface area contributed by atoms with Crippen LogP contribution in [0.15, 0.2) is 60.7 Å². The lowest BCUT2D eigenvalue weighted by atomic mass is 9.99. The minimum absolute atomic E-state index is 0.0740. The maximum atomic E-state index is 13.0. The fourth-order valence-electron chi connectivity index (χ4n) is 3.48. The molecule has 0 aliphatic rings. The summed E-state index contributed by atoms with van der Waals surface area (Å²) in [6.07, 6.45) is 0.306. The van der Waals surface area contributed by atoms with Crippen molar-refractivity contribution in [2.45, 2.75) is 58.8 Å². The number of alkyl carbamates (subject to hydrolysis) is 1. The molecule has 3 atom stereocenters. The average Bonchev–Trinajstić information content (AvgIpc) is 2.84. The summed E-state index contributed by atoms with van der Waals surface area (Å²) >= 11 is 0. The Labute approximate surface area is 206 Å². The highest BCUT2D eigenvalue weighted by Crippen LogP contribution is 2.09. The van der Waals surface area contributed by atoms with Crippen LogP contribution in [-0.4, -0.2) is 42.3 Å². The smallest absolute Gasteiger partial charge is 0.408 e. The lowest BCUT2D eigenvalue weighted by Gasteiger charge is -2.27. The molecule has 2 unspecified atom stereocenters. The van der Waals surface area contributed by atoms with E-state index in [2.05, 4.69) is 16.0 Å². The fourth-order valence-corrected chi connectivity index (χ4v) is 3.48. The lowest BCUT2D eigenvalue weighted by Crippen LogP contribution is -2.58. The molecule has 2 aromatic rings. The normalized spacial score (nSPS) is 13.4. The molecule has 0 spiro atoms. The zero-order valence-electron chi connectivity index (χ0n) is 20.7. The van der Waals surface area contributed by atoms with Crippen molar-refractivity contribution in [3.8, 4) is 0 Å².